The number of likely N-dealkylation sites (N-methyl/N-ethyl adjacent to an activating group) is 1. The number of rotatable bonds is 5. The summed E-state index contributed by atoms with van der Waals surface area (Å²) in [7, 11) is 2.19. The highest BCUT2D eigenvalue weighted by Gasteiger charge is 2.11. The van der Waals surface area contributed by atoms with Gasteiger partial charge in [0.1, 0.15) is 0 Å². The Morgan fingerprint density at radius 3 is 2.65 bits per heavy atom. The zero-order valence-corrected chi connectivity index (χ0v) is 10.7. The molecule has 1 aliphatic rings. The van der Waals surface area contributed by atoms with Crippen LogP contribution in [0.5, 0.6) is 0 Å². The first-order chi connectivity index (χ1) is 8.25. The van der Waals surface area contributed by atoms with Crippen molar-refractivity contribution < 1.29 is 0 Å². The first-order valence-electron chi connectivity index (χ1n) is 6.21. The van der Waals surface area contributed by atoms with E-state index in [1.165, 1.54) is 11.1 Å². The van der Waals surface area contributed by atoms with Gasteiger partial charge in [0.05, 0.1) is 0 Å². The molecule has 0 atom stereocenters. The molecule has 1 fully saturated rings. The number of aromatic nitrogens is 1. The Morgan fingerprint density at radius 1 is 1.35 bits per heavy atom. The molecule has 17 heavy (non-hydrogen) atoms. The largest absolute Gasteiger partial charge is 0.309 e. The molecule has 1 aromatic rings. The van der Waals surface area contributed by atoms with Gasteiger partial charge in [-0.05, 0) is 43.7 Å². The van der Waals surface area contributed by atoms with Crippen LogP contribution >= 0.6 is 0 Å². The summed E-state index contributed by atoms with van der Waals surface area (Å²) < 4.78 is 0. The molecular weight excluding hydrogens is 210 g/mol. The van der Waals surface area contributed by atoms with E-state index in [-0.39, 0.29) is 0 Å². The van der Waals surface area contributed by atoms with Crippen molar-refractivity contribution in [2.45, 2.75) is 13.3 Å². The number of nitrogens with one attached hydrogen (secondary N) is 1. The zero-order chi connectivity index (χ0) is 12.1. The molecule has 0 unspecified atom stereocenters. The fourth-order valence-electron chi connectivity index (χ4n) is 2.02. The third-order valence-electron chi connectivity index (χ3n) is 3.32. The Morgan fingerprint density at radius 2 is 2.06 bits per heavy atom. The predicted octanol–water partition coefficient (Wildman–Crippen LogP) is 1.48. The van der Waals surface area contributed by atoms with E-state index in [4.69, 9.17) is 0 Å². The molecule has 0 spiro atoms. The monoisotopic (exact) mass is 231 g/mol. The summed E-state index contributed by atoms with van der Waals surface area (Å²) in [6.07, 6.45) is 4.82. The van der Waals surface area contributed by atoms with Gasteiger partial charge in [-0.1, -0.05) is 5.57 Å². The second-order valence-electron chi connectivity index (χ2n) is 4.83. The molecule has 1 aliphatic heterocycles. The minimum absolute atomic E-state index is 1.09. The molecule has 2 heterocycles. The van der Waals surface area contributed by atoms with Crippen LogP contribution in [0.15, 0.2) is 35.7 Å². The molecular formula is C14H21N3. The van der Waals surface area contributed by atoms with Gasteiger partial charge in [0.25, 0.3) is 0 Å². The van der Waals surface area contributed by atoms with Gasteiger partial charge in [-0.25, -0.2) is 0 Å². The maximum Gasteiger partial charge on any atom is 0.0270 e. The first kappa shape index (κ1) is 12.3. The molecule has 2 rings (SSSR count). The summed E-state index contributed by atoms with van der Waals surface area (Å²) in [4.78, 5) is 6.42. The Balaban J connectivity index is 1.76. The molecule has 3 heteroatoms. The Hall–Kier alpha value is -1.19. The smallest absolute Gasteiger partial charge is 0.0270 e. The minimum Gasteiger partial charge on any atom is -0.309 e. The van der Waals surface area contributed by atoms with Crippen LogP contribution in [0.1, 0.15) is 12.5 Å². The van der Waals surface area contributed by atoms with E-state index in [1.54, 1.807) is 5.57 Å². The quantitative estimate of drug-likeness (QED) is 0.778. The third kappa shape index (κ3) is 3.65. The maximum absolute atomic E-state index is 4.03. The van der Waals surface area contributed by atoms with E-state index in [0.29, 0.717) is 0 Å². The van der Waals surface area contributed by atoms with Gasteiger partial charge in [0.15, 0.2) is 0 Å². The fourth-order valence-corrected chi connectivity index (χ4v) is 2.02. The molecule has 0 aliphatic carbocycles. The van der Waals surface area contributed by atoms with Crippen LogP contribution in [0.25, 0.3) is 0 Å². The summed E-state index contributed by atoms with van der Waals surface area (Å²) >= 11 is 0. The summed E-state index contributed by atoms with van der Waals surface area (Å²) in [5.74, 6) is 0. The Labute approximate surface area is 104 Å². The van der Waals surface area contributed by atoms with Crippen molar-refractivity contribution in [2.75, 3.05) is 33.2 Å². The molecule has 0 aromatic carbocycles. The van der Waals surface area contributed by atoms with Crippen LogP contribution in [0.3, 0.4) is 0 Å². The zero-order valence-electron chi connectivity index (χ0n) is 10.7. The lowest BCUT2D eigenvalue weighted by molar-refractivity contribution is 0.364. The first-order valence-corrected chi connectivity index (χ1v) is 6.21. The molecule has 3 nitrogen and oxygen atoms in total. The van der Waals surface area contributed by atoms with Crippen molar-refractivity contribution in [3.63, 3.8) is 0 Å². The van der Waals surface area contributed by atoms with Crippen LogP contribution < -0.4 is 5.32 Å². The van der Waals surface area contributed by atoms with Gasteiger partial charge < -0.3 is 10.2 Å². The topological polar surface area (TPSA) is 28.2 Å². The van der Waals surface area contributed by atoms with E-state index in [1.807, 2.05) is 12.4 Å². The van der Waals surface area contributed by atoms with E-state index in [9.17, 15) is 0 Å². The Kier molecular flexibility index (Phi) is 4.29. The van der Waals surface area contributed by atoms with Crippen LogP contribution in [-0.4, -0.2) is 43.1 Å². The van der Waals surface area contributed by atoms with Gasteiger partial charge in [0, 0.05) is 38.6 Å². The normalized spacial score (nSPS) is 14.9. The molecule has 0 amide bonds. The number of hydrogen-bond donors (Lipinski definition) is 1. The van der Waals surface area contributed by atoms with Crippen molar-refractivity contribution in [2.24, 2.45) is 0 Å². The SMILES string of the molecule is CC(CN(C)CCc1ccncc1)=C1CNC1. The average Bonchev–Trinajstić information content (AvgIpc) is 2.25. The van der Waals surface area contributed by atoms with Gasteiger partial charge in [-0.3, -0.25) is 4.98 Å². The number of pyridine rings is 1. The van der Waals surface area contributed by atoms with Crippen LogP contribution in [0, 0.1) is 0 Å². The van der Waals surface area contributed by atoms with Crippen molar-refractivity contribution in [3.8, 4) is 0 Å². The molecule has 0 radical (unpaired) electrons. The van der Waals surface area contributed by atoms with Gasteiger partial charge in [-0.2, -0.15) is 0 Å². The lowest BCUT2D eigenvalue weighted by Crippen LogP contribution is -2.36. The standard InChI is InChI=1S/C14H21N3/c1-12(14-9-16-10-14)11-17(2)8-5-13-3-6-15-7-4-13/h3-4,6-7,16H,5,8-11H2,1-2H3. The molecule has 92 valence electrons. The highest BCUT2D eigenvalue weighted by molar-refractivity contribution is 5.22. The summed E-state index contributed by atoms with van der Waals surface area (Å²) in [6, 6.07) is 4.18. The summed E-state index contributed by atoms with van der Waals surface area (Å²) in [5, 5.41) is 3.29. The average molecular weight is 231 g/mol. The van der Waals surface area contributed by atoms with E-state index in [0.717, 1.165) is 32.6 Å². The van der Waals surface area contributed by atoms with Crippen molar-refractivity contribution in [1.82, 2.24) is 15.2 Å². The van der Waals surface area contributed by atoms with Crippen molar-refractivity contribution in [1.29, 1.82) is 0 Å². The van der Waals surface area contributed by atoms with Gasteiger partial charge >= 0.3 is 0 Å². The Bertz CT molecular complexity index is 378. The van der Waals surface area contributed by atoms with E-state index >= 15 is 0 Å². The lowest BCUT2D eigenvalue weighted by atomic mass is 10.0. The van der Waals surface area contributed by atoms with Gasteiger partial charge in [-0.15, -0.1) is 0 Å². The second kappa shape index (κ2) is 5.94. The number of nitrogens with zero attached hydrogens (tertiary/aromatic N) is 2. The van der Waals surface area contributed by atoms with Crippen LogP contribution in [0.2, 0.25) is 0 Å². The van der Waals surface area contributed by atoms with Crippen molar-refractivity contribution in [3.05, 3.63) is 41.2 Å². The lowest BCUT2D eigenvalue weighted by Gasteiger charge is -2.25. The van der Waals surface area contributed by atoms with E-state index in [2.05, 4.69) is 41.3 Å². The third-order valence-corrected chi connectivity index (χ3v) is 3.32. The molecule has 1 aromatic heterocycles. The van der Waals surface area contributed by atoms with E-state index < -0.39 is 0 Å². The van der Waals surface area contributed by atoms with Crippen molar-refractivity contribution >= 4 is 0 Å². The maximum atomic E-state index is 4.03. The summed E-state index contributed by atoms with van der Waals surface area (Å²) in [6.45, 7) is 6.61. The molecule has 0 bridgehead atoms. The fraction of sp³-hybridized carbons (Fsp3) is 0.500. The van der Waals surface area contributed by atoms with Crippen LogP contribution in [0.4, 0.5) is 0 Å². The van der Waals surface area contributed by atoms with Gasteiger partial charge in [0.2, 0.25) is 0 Å². The number of hydrogen-bond acceptors (Lipinski definition) is 3. The molecule has 0 saturated carbocycles. The highest BCUT2D eigenvalue weighted by atomic mass is 15.1. The highest BCUT2D eigenvalue weighted by Crippen LogP contribution is 2.10. The second-order valence-corrected chi connectivity index (χ2v) is 4.83. The summed E-state index contributed by atoms with van der Waals surface area (Å²) in [5.41, 5.74) is 4.48. The van der Waals surface area contributed by atoms with Crippen LogP contribution in [-0.2, 0) is 6.42 Å². The molecule has 1 saturated heterocycles. The minimum atomic E-state index is 1.09. The molecule has 1 N–H and O–H groups in total. The predicted molar refractivity (Wildman–Crippen MR) is 71.0 cm³/mol.